The number of carbonyl (C=O) groups excluding carboxylic acids is 1. The molecular formula is C13H20N2O2. The Morgan fingerprint density at radius 2 is 2.18 bits per heavy atom. The quantitative estimate of drug-likeness (QED) is 0.809. The number of benzene rings is 1. The minimum absolute atomic E-state index is 0.102. The van der Waals surface area contributed by atoms with Crippen LogP contribution >= 0.6 is 0 Å². The van der Waals surface area contributed by atoms with Crippen molar-refractivity contribution in [2.24, 2.45) is 0 Å². The number of aliphatic hydroxyl groups excluding tert-OH is 1. The Morgan fingerprint density at radius 1 is 1.47 bits per heavy atom. The smallest absolute Gasteiger partial charge is 0.251 e. The molecule has 0 saturated carbocycles. The lowest BCUT2D eigenvalue weighted by Crippen LogP contribution is -2.26. The molecule has 0 fully saturated rings. The fraction of sp³-hybridized carbons (Fsp3) is 0.462. The van der Waals surface area contributed by atoms with E-state index in [2.05, 4.69) is 5.32 Å². The van der Waals surface area contributed by atoms with Gasteiger partial charge in [-0.05, 0) is 31.5 Å². The summed E-state index contributed by atoms with van der Waals surface area (Å²) in [6, 6.07) is 7.44. The molecule has 0 aliphatic rings. The van der Waals surface area contributed by atoms with Crippen LogP contribution in [0.2, 0.25) is 0 Å². The van der Waals surface area contributed by atoms with Gasteiger partial charge in [-0.15, -0.1) is 0 Å². The van der Waals surface area contributed by atoms with Gasteiger partial charge in [-0.3, -0.25) is 4.79 Å². The number of carbonyl (C=O) groups is 1. The average Bonchev–Trinajstić information content (AvgIpc) is 2.28. The molecule has 0 saturated heterocycles. The van der Waals surface area contributed by atoms with Crippen LogP contribution < -0.4 is 10.2 Å². The maximum absolute atomic E-state index is 11.8. The molecule has 1 atom stereocenters. The first-order valence-corrected chi connectivity index (χ1v) is 5.74. The Kier molecular flexibility index (Phi) is 4.97. The van der Waals surface area contributed by atoms with Crippen LogP contribution in [0.3, 0.4) is 0 Å². The van der Waals surface area contributed by atoms with Gasteiger partial charge in [0.15, 0.2) is 0 Å². The van der Waals surface area contributed by atoms with Gasteiger partial charge in [-0.2, -0.15) is 0 Å². The molecule has 0 aromatic heterocycles. The number of hydrogen-bond donors (Lipinski definition) is 2. The summed E-state index contributed by atoms with van der Waals surface area (Å²) < 4.78 is 0. The van der Waals surface area contributed by atoms with E-state index in [1.807, 2.05) is 37.2 Å². The fourth-order valence-electron chi connectivity index (χ4n) is 1.42. The number of nitrogens with one attached hydrogen (secondary N) is 1. The topological polar surface area (TPSA) is 52.6 Å². The largest absolute Gasteiger partial charge is 0.393 e. The van der Waals surface area contributed by atoms with Crippen molar-refractivity contribution in [1.82, 2.24) is 5.32 Å². The summed E-state index contributed by atoms with van der Waals surface area (Å²) in [4.78, 5) is 13.7. The van der Waals surface area contributed by atoms with Crippen LogP contribution in [0.5, 0.6) is 0 Å². The Balaban J connectivity index is 2.59. The van der Waals surface area contributed by atoms with Crippen molar-refractivity contribution in [2.45, 2.75) is 19.4 Å². The summed E-state index contributed by atoms with van der Waals surface area (Å²) in [7, 11) is 3.87. The molecule has 0 aliphatic carbocycles. The van der Waals surface area contributed by atoms with Gasteiger partial charge in [0.1, 0.15) is 0 Å². The van der Waals surface area contributed by atoms with E-state index >= 15 is 0 Å². The van der Waals surface area contributed by atoms with Gasteiger partial charge in [0, 0.05) is 31.9 Å². The number of anilines is 1. The maximum Gasteiger partial charge on any atom is 0.251 e. The van der Waals surface area contributed by atoms with Gasteiger partial charge in [-0.25, -0.2) is 0 Å². The molecule has 4 heteroatoms. The highest BCUT2D eigenvalue weighted by Crippen LogP contribution is 2.13. The number of rotatable bonds is 5. The third-order valence-electron chi connectivity index (χ3n) is 2.47. The zero-order valence-electron chi connectivity index (χ0n) is 10.6. The average molecular weight is 236 g/mol. The van der Waals surface area contributed by atoms with Crippen molar-refractivity contribution in [3.8, 4) is 0 Å². The Labute approximate surface area is 102 Å². The van der Waals surface area contributed by atoms with Crippen molar-refractivity contribution in [1.29, 1.82) is 0 Å². The normalized spacial score (nSPS) is 12.0. The van der Waals surface area contributed by atoms with E-state index in [4.69, 9.17) is 5.11 Å². The third-order valence-corrected chi connectivity index (χ3v) is 2.47. The lowest BCUT2D eigenvalue weighted by atomic mass is 10.1. The number of amides is 1. The van der Waals surface area contributed by atoms with Gasteiger partial charge in [-0.1, -0.05) is 6.07 Å². The van der Waals surface area contributed by atoms with Crippen LogP contribution in [-0.4, -0.2) is 37.8 Å². The number of hydrogen-bond acceptors (Lipinski definition) is 3. The highest BCUT2D eigenvalue weighted by molar-refractivity contribution is 5.95. The van der Waals surface area contributed by atoms with E-state index in [0.717, 1.165) is 5.69 Å². The lowest BCUT2D eigenvalue weighted by Gasteiger charge is -2.13. The molecule has 1 amide bonds. The summed E-state index contributed by atoms with van der Waals surface area (Å²) in [5, 5.41) is 11.9. The van der Waals surface area contributed by atoms with Gasteiger partial charge in [0.2, 0.25) is 0 Å². The SMILES string of the molecule is CC(O)CCNC(=O)c1cccc(N(C)C)c1. The summed E-state index contributed by atoms with van der Waals surface area (Å²) in [6.07, 6.45) is 0.183. The first-order chi connectivity index (χ1) is 8.00. The van der Waals surface area contributed by atoms with E-state index in [1.54, 1.807) is 13.0 Å². The van der Waals surface area contributed by atoms with E-state index in [9.17, 15) is 4.79 Å². The summed E-state index contributed by atoms with van der Waals surface area (Å²) in [6.45, 7) is 2.20. The van der Waals surface area contributed by atoms with Crippen molar-refractivity contribution in [3.63, 3.8) is 0 Å². The van der Waals surface area contributed by atoms with Gasteiger partial charge in [0.25, 0.3) is 5.91 Å². The van der Waals surface area contributed by atoms with Gasteiger partial charge in [0.05, 0.1) is 6.10 Å². The number of aliphatic hydroxyl groups is 1. The van der Waals surface area contributed by atoms with E-state index in [0.29, 0.717) is 18.5 Å². The zero-order valence-corrected chi connectivity index (χ0v) is 10.6. The predicted molar refractivity (Wildman–Crippen MR) is 69.4 cm³/mol. The monoisotopic (exact) mass is 236 g/mol. The lowest BCUT2D eigenvalue weighted by molar-refractivity contribution is 0.0945. The molecule has 0 heterocycles. The molecule has 1 unspecified atom stereocenters. The fourth-order valence-corrected chi connectivity index (χ4v) is 1.42. The molecular weight excluding hydrogens is 216 g/mol. The highest BCUT2D eigenvalue weighted by Gasteiger charge is 2.06. The van der Waals surface area contributed by atoms with Crippen molar-refractivity contribution >= 4 is 11.6 Å². The van der Waals surface area contributed by atoms with Gasteiger partial charge >= 0.3 is 0 Å². The summed E-state index contributed by atoms with van der Waals surface area (Å²) in [5.74, 6) is -0.102. The van der Waals surface area contributed by atoms with Crippen molar-refractivity contribution in [3.05, 3.63) is 29.8 Å². The van der Waals surface area contributed by atoms with Crippen LogP contribution in [0.25, 0.3) is 0 Å². The second-order valence-corrected chi connectivity index (χ2v) is 4.34. The molecule has 17 heavy (non-hydrogen) atoms. The molecule has 0 spiro atoms. The van der Waals surface area contributed by atoms with Crippen LogP contribution in [-0.2, 0) is 0 Å². The minimum Gasteiger partial charge on any atom is -0.393 e. The predicted octanol–water partition coefficient (Wildman–Crippen LogP) is 1.25. The van der Waals surface area contributed by atoms with E-state index in [1.165, 1.54) is 0 Å². The Bertz CT molecular complexity index is 375. The molecule has 4 nitrogen and oxygen atoms in total. The van der Waals surface area contributed by atoms with Crippen LogP contribution in [0, 0.1) is 0 Å². The Hall–Kier alpha value is -1.55. The molecule has 94 valence electrons. The van der Waals surface area contributed by atoms with Crippen molar-refractivity contribution < 1.29 is 9.90 Å². The molecule has 0 radical (unpaired) electrons. The molecule has 2 N–H and O–H groups in total. The standard InChI is InChI=1S/C13H20N2O2/c1-10(16)7-8-14-13(17)11-5-4-6-12(9-11)15(2)3/h4-6,9-10,16H,7-8H2,1-3H3,(H,14,17). The third kappa shape index (κ3) is 4.44. The number of nitrogens with zero attached hydrogens (tertiary/aromatic N) is 1. The molecule has 1 aromatic carbocycles. The van der Waals surface area contributed by atoms with Gasteiger partial charge < -0.3 is 15.3 Å². The minimum atomic E-state index is -0.386. The van der Waals surface area contributed by atoms with Crippen LogP contribution in [0.4, 0.5) is 5.69 Å². The molecule has 0 aliphatic heterocycles. The van der Waals surface area contributed by atoms with Crippen LogP contribution in [0.15, 0.2) is 24.3 Å². The molecule has 0 bridgehead atoms. The van der Waals surface area contributed by atoms with Crippen LogP contribution in [0.1, 0.15) is 23.7 Å². The zero-order chi connectivity index (χ0) is 12.8. The highest BCUT2D eigenvalue weighted by atomic mass is 16.3. The van der Waals surface area contributed by atoms with Crippen molar-refractivity contribution in [2.75, 3.05) is 25.5 Å². The first-order valence-electron chi connectivity index (χ1n) is 5.74. The molecule has 1 aromatic rings. The van der Waals surface area contributed by atoms with E-state index in [-0.39, 0.29) is 12.0 Å². The Morgan fingerprint density at radius 3 is 2.76 bits per heavy atom. The first kappa shape index (κ1) is 13.5. The summed E-state index contributed by atoms with van der Waals surface area (Å²) in [5.41, 5.74) is 1.63. The summed E-state index contributed by atoms with van der Waals surface area (Å²) >= 11 is 0. The second-order valence-electron chi connectivity index (χ2n) is 4.34. The molecule has 1 rings (SSSR count). The second kappa shape index (κ2) is 6.25. The maximum atomic E-state index is 11.8. The van der Waals surface area contributed by atoms with E-state index < -0.39 is 0 Å².